The normalized spacial score (nSPS) is 10.7. The number of benzene rings is 2. The Hall–Kier alpha value is -3.86. The molecule has 2 amide bonds. The van der Waals surface area contributed by atoms with Crippen molar-refractivity contribution in [2.75, 3.05) is 28.4 Å². The number of thioether (sulfide) groups is 1. The van der Waals surface area contributed by atoms with Gasteiger partial charge in [-0.05, 0) is 55.0 Å². The minimum absolute atomic E-state index is 0.142. The number of nitrogens with one attached hydrogen (secondary N) is 4. The first-order valence-electron chi connectivity index (χ1n) is 10.3. The second-order valence-corrected chi connectivity index (χ2v) is 7.81. The molecule has 0 atom stereocenters. The molecule has 11 heteroatoms. The van der Waals surface area contributed by atoms with Gasteiger partial charge < -0.3 is 15.4 Å². The standard InChI is InChI=1S/C22H25N7O3S/c1-3-32-19-9-7-16(8-10-19)14-23-27-21-26-22(29-28-21)33-12-11-20(31)25-18-6-4-5-17(13-18)24-15(2)30/h4-10,13-14H,3,11-12H2,1-2H3,(H,24,30)(H,25,31)(H2,26,27,28,29)/b23-14-. The van der Waals surface area contributed by atoms with Crippen molar-refractivity contribution in [2.24, 2.45) is 5.10 Å². The zero-order valence-electron chi connectivity index (χ0n) is 18.3. The summed E-state index contributed by atoms with van der Waals surface area (Å²) >= 11 is 1.35. The van der Waals surface area contributed by atoms with Crippen LogP contribution in [-0.2, 0) is 9.59 Å². The van der Waals surface area contributed by atoms with Crippen LogP contribution in [0.4, 0.5) is 17.3 Å². The quantitative estimate of drug-likeness (QED) is 0.192. The lowest BCUT2D eigenvalue weighted by Crippen LogP contribution is -2.13. The van der Waals surface area contributed by atoms with Crippen LogP contribution in [0.3, 0.4) is 0 Å². The Kier molecular flexibility index (Phi) is 8.83. The van der Waals surface area contributed by atoms with E-state index in [1.165, 1.54) is 18.7 Å². The maximum absolute atomic E-state index is 12.2. The van der Waals surface area contributed by atoms with Gasteiger partial charge in [-0.2, -0.15) is 10.1 Å². The number of hydrazone groups is 1. The fraction of sp³-hybridized carbons (Fsp3) is 0.227. The molecule has 0 aliphatic carbocycles. The van der Waals surface area contributed by atoms with Gasteiger partial charge in [0.05, 0.1) is 12.8 Å². The summed E-state index contributed by atoms with van der Waals surface area (Å²) < 4.78 is 5.41. The number of hydrogen-bond donors (Lipinski definition) is 4. The summed E-state index contributed by atoms with van der Waals surface area (Å²) in [6.45, 7) is 3.99. The average molecular weight is 468 g/mol. The minimum atomic E-state index is -0.169. The fourth-order valence-electron chi connectivity index (χ4n) is 2.68. The molecule has 10 nitrogen and oxygen atoms in total. The molecule has 2 aromatic carbocycles. The van der Waals surface area contributed by atoms with Crippen LogP contribution in [0.2, 0.25) is 0 Å². The van der Waals surface area contributed by atoms with Crippen molar-refractivity contribution in [2.45, 2.75) is 25.4 Å². The second kappa shape index (κ2) is 12.2. The zero-order chi connectivity index (χ0) is 23.5. The largest absolute Gasteiger partial charge is 0.494 e. The molecular weight excluding hydrogens is 442 g/mol. The lowest BCUT2D eigenvalue weighted by molar-refractivity contribution is -0.116. The number of aromatic nitrogens is 3. The van der Waals surface area contributed by atoms with Gasteiger partial charge in [-0.25, -0.2) is 10.5 Å². The van der Waals surface area contributed by atoms with E-state index in [0.717, 1.165) is 11.3 Å². The molecule has 0 unspecified atom stereocenters. The molecule has 172 valence electrons. The van der Waals surface area contributed by atoms with Crippen molar-refractivity contribution in [3.63, 3.8) is 0 Å². The number of aromatic amines is 1. The van der Waals surface area contributed by atoms with Crippen LogP contribution >= 0.6 is 11.8 Å². The Balaban J connectivity index is 1.40. The first-order chi connectivity index (χ1) is 16.0. The number of anilines is 3. The first kappa shape index (κ1) is 23.8. The highest BCUT2D eigenvalue weighted by molar-refractivity contribution is 7.99. The van der Waals surface area contributed by atoms with Gasteiger partial charge in [-0.3, -0.25) is 9.59 Å². The third-order valence-corrected chi connectivity index (χ3v) is 4.92. The van der Waals surface area contributed by atoms with Gasteiger partial charge in [-0.1, -0.05) is 17.8 Å². The van der Waals surface area contributed by atoms with Crippen LogP contribution in [-0.4, -0.2) is 45.6 Å². The van der Waals surface area contributed by atoms with E-state index in [0.29, 0.717) is 34.8 Å². The highest BCUT2D eigenvalue weighted by Gasteiger charge is 2.07. The van der Waals surface area contributed by atoms with Crippen molar-refractivity contribution in [1.82, 2.24) is 15.2 Å². The molecule has 33 heavy (non-hydrogen) atoms. The maximum Gasteiger partial charge on any atom is 0.240 e. The van der Waals surface area contributed by atoms with Gasteiger partial charge in [0.2, 0.25) is 22.9 Å². The van der Waals surface area contributed by atoms with E-state index in [-0.39, 0.29) is 18.2 Å². The van der Waals surface area contributed by atoms with Gasteiger partial charge in [0.15, 0.2) is 0 Å². The van der Waals surface area contributed by atoms with Crippen LogP contribution in [0.1, 0.15) is 25.8 Å². The predicted octanol–water partition coefficient (Wildman–Crippen LogP) is 3.73. The van der Waals surface area contributed by atoms with Crippen molar-refractivity contribution < 1.29 is 14.3 Å². The van der Waals surface area contributed by atoms with E-state index in [9.17, 15) is 9.59 Å². The van der Waals surface area contributed by atoms with Gasteiger partial charge in [0.1, 0.15) is 5.75 Å². The van der Waals surface area contributed by atoms with Crippen molar-refractivity contribution in [3.05, 3.63) is 54.1 Å². The monoisotopic (exact) mass is 467 g/mol. The van der Waals surface area contributed by atoms with E-state index in [1.807, 2.05) is 31.2 Å². The number of carbonyl (C=O) groups is 2. The number of hydrogen-bond acceptors (Lipinski definition) is 8. The number of H-pyrrole nitrogens is 1. The minimum Gasteiger partial charge on any atom is -0.494 e. The van der Waals surface area contributed by atoms with Gasteiger partial charge >= 0.3 is 0 Å². The van der Waals surface area contributed by atoms with Crippen LogP contribution in [0.5, 0.6) is 5.75 Å². The molecule has 4 N–H and O–H groups in total. The number of rotatable bonds is 11. The van der Waals surface area contributed by atoms with Crippen molar-refractivity contribution in [1.29, 1.82) is 0 Å². The summed E-state index contributed by atoms with van der Waals surface area (Å²) in [5.41, 5.74) is 4.94. The van der Waals surface area contributed by atoms with Crippen LogP contribution in [0, 0.1) is 0 Å². The summed E-state index contributed by atoms with van der Waals surface area (Å²) in [6.07, 6.45) is 1.94. The Morgan fingerprint density at radius 3 is 2.64 bits per heavy atom. The van der Waals surface area contributed by atoms with Gasteiger partial charge in [-0.15, -0.1) is 5.10 Å². The van der Waals surface area contributed by atoms with E-state index in [2.05, 4.69) is 36.3 Å². The molecule has 1 aromatic heterocycles. The van der Waals surface area contributed by atoms with E-state index in [1.54, 1.807) is 30.5 Å². The molecule has 0 aliphatic rings. The molecular formula is C22H25N7O3S. The zero-order valence-corrected chi connectivity index (χ0v) is 19.1. The maximum atomic E-state index is 12.2. The lowest BCUT2D eigenvalue weighted by Gasteiger charge is -2.07. The molecule has 3 rings (SSSR count). The van der Waals surface area contributed by atoms with E-state index >= 15 is 0 Å². The Bertz CT molecular complexity index is 1100. The average Bonchev–Trinajstić information content (AvgIpc) is 3.22. The third-order valence-electron chi connectivity index (χ3n) is 4.07. The lowest BCUT2D eigenvalue weighted by atomic mass is 10.2. The Morgan fingerprint density at radius 2 is 1.91 bits per heavy atom. The Morgan fingerprint density at radius 1 is 1.15 bits per heavy atom. The van der Waals surface area contributed by atoms with Crippen LogP contribution in [0.15, 0.2) is 58.8 Å². The number of nitrogens with zero attached hydrogens (tertiary/aromatic N) is 3. The number of ether oxygens (including phenoxy) is 1. The summed E-state index contributed by atoms with van der Waals surface area (Å²) in [5, 5.41) is 17.0. The van der Waals surface area contributed by atoms with E-state index < -0.39 is 0 Å². The Labute approximate surface area is 195 Å². The summed E-state index contributed by atoms with van der Waals surface area (Å²) in [5.74, 6) is 1.41. The van der Waals surface area contributed by atoms with E-state index in [4.69, 9.17) is 4.74 Å². The number of carbonyl (C=O) groups excluding carboxylic acids is 2. The summed E-state index contributed by atoms with van der Waals surface area (Å²) in [4.78, 5) is 27.6. The number of amides is 2. The fourth-order valence-corrected chi connectivity index (χ4v) is 3.42. The van der Waals surface area contributed by atoms with Crippen molar-refractivity contribution in [3.8, 4) is 5.75 Å². The molecule has 3 aromatic rings. The molecule has 0 fully saturated rings. The molecule has 0 saturated heterocycles. The third kappa shape index (κ3) is 8.30. The molecule has 0 aliphatic heterocycles. The molecule has 0 radical (unpaired) electrons. The molecule has 0 bridgehead atoms. The smallest absolute Gasteiger partial charge is 0.240 e. The molecule has 0 saturated carbocycles. The summed E-state index contributed by atoms with van der Waals surface area (Å²) in [6, 6.07) is 14.5. The predicted molar refractivity (Wildman–Crippen MR) is 130 cm³/mol. The van der Waals surface area contributed by atoms with Gasteiger partial charge in [0.25, 0.3) is 0 Å². The van der Waals surface area contributed by atoms with Crippen LogP contribution in [0.25, 0.3) is 0 Å². The second-order valence-electron chi connectivity index (χ2n) is 6.75. The topological polar surface area (TPSA) is 133 Å². The molecule has 0 spiro atoms. The highest BCUT2D eigenvalue weighted by atomic mass is 32.2. The first-order valence-corrected chi connectivity index (χ1v) is 11.2. The molecule has 1 heterocycles. The summed E-state index contributed by atoms with van der Waals surface area (Å²) in [7, 11) is 0. The van der Waals surface area contributed by atoms with Crippen LogP contribution < -0.4 is 20.8 Å². The van der Waals surface area contributed by atoms with Crippen molar-refractivity contribution >= 4 is 47.1 Å². The SMILES string of the molecule is CCOc1ccc(/C=N\Nc2nc(SCCC(=O)Nc3cccc(NC(C)=O)c3)n[nH]2)cc1. The van der Waals surface area contributed by atoms with Gasteiger partial charge in [0, 0.05) is 30.5 Å². The highest BCUT2D eigenvalue weighted by Crippen LogP contribution is 2.18.